The Balaban J connectivity index is 2.53. The maximum atomic E-state index is 11.4. The van der Waals surface area contributed by atoms with E-state index in [4.69, 9.17) is 0 Å². The van der Waals surface area contributed by atoms with Gasteiger partial charge in [0.15, 0.2) is 0 Å². The molecule has 1 N–H and O–H groups in total. The van der Waals surface area contributed by atoms with Crippen molar-refractivity contribution in [1.82, 2.24) is 4.98 Å². The van der Waals surface area contributed by atoms with Crippen LogP contribution in [0.15, 0.2) is 34.1 Å². The van der Waals surface area contributed by atoms with Gasteiger partial charge in [0.1, 0.15) is 0 Å². The fourth-order valence-electron chi connectivity index (χ4n) is 2.07. The van der Waals surface area contributed by atoms with Crippen molar-refractivity contribution in [3.05, 3.63) is 52.3 Å². The van der Waals surface area contributed by atoms with Gasteiger partial charge in [-0.3, -0.25) is 4.98 Å². The summed E-state index contributed by atoms with van der Waals surface area (Å²) in [5.74, 6) is -0.928. The number of hydrogen-bond donors (Lipinski definition) is 1. The number of nitrogens with zero attached hydrogens (tertiary/aromatic N) is 1. The topological polar surface area (TPSA) is 50.2 Å². The van der Waals surface area contributed by atoms with E-state index in [1.807, 2.05) is 26.8 Å². The van der Waals surface area contributed by atoms with Crippen molar-refractivity contribution in [2.24, 2.45) is 0 Å². The molecule has 3 nitrogen and oxygen atoms in total. The van der Waals surface area contributed by atoms with Gasteiger partial charge in [-0.05, 0) is 51.0 Å². The van der Waals surface area contributed by atoms with E-state index in [9.17, 15) is 9.90 Å². The predicted molar refractivity (Wildman–Crippen MR) is 80.7 cm³/mol. The van der Waals surface area contributed by atoms with Gasteiger partial charge in [0.2, 0.25) is 0 Å². The first-order valence-electron chi connectivity index (χ1n) is 6.35. The normalized spacial score (nSPS) is 10.6. The minimum atomic E-state index is -0.928. The Morgan fingerprint density at radius 3 is 2.45 bits per heavy atom. The molecule has 2 aromatic rings. The zero-order valence-electron chi connectivity index (χ0n) is 12.0. The van der Waals surface area contributed by atoms with E-state index in [2.05, 4.69) is 23.2 Å². The second kappa shape index (κ2) is 5.67. The zero-order valence-corrected chi connectivity index (χ0v) is 12.8. The van der Waals surface area contributed by atoms with Crippen LogP contribution in [0.25, 0.3) is 0 Å². The molecule has 0 bridgehead atoms. The number of aryl methyl sites for hydroxylation is 4. The number of aromatic nitrogens is 1. The summed E-state index contributed by atoms with van der Waals surface area (Å²) in [4.78, 5) is 17.5. The van der Waals surface area contributed by atoms with Crippen LogP contribution < -0.4 is 0 Å². The third-order valence-electron chi connectivity index (χ3n) is 3.07. The highest BCUT2D eigenvalue weighted by Gasteiger charge is 2.17. The van der Waals surface area contributed by atoms with Crippen LogP contribution in [0.2, 0.25) is 0 Å². The SMILES string of the molecule is Cc1ccc(C)c(Sc2cc(C)nc(C)c2C(=O)O)c1. The number of carbonyl (C=O) groups is 1. The van der Waals surface area contributed by atoms with Gasteiger partial charge in [0.05, 0.1) is 11.3 Å². The van der Waals surface area contributed by atoms with Gasteiger partial charge in [-0.1, -0.05) is 23.9 Å². The second-order valence-corrected chi connectivity index (χ2v) is 5.98. The van der Waals surface area contributed by atoms with E-state index in [1.165, 1.54) is 11.8 Å². The molecule has 0 aliphatic heterocycles. The number of benzene rings is 1. The van der Waals surface area contributed by atoms with Crippen LogP contribution in [0.3, 0.4) is 0 Å². The van der Waals surface area contributed by atoms with Gasteiger partial charge >= 0.3 is 5.97 Å². The summed E-state index contributed by atoms with van der Waals surface area (Å²) in [5.41, 5.74) is 3.99. The second-order valence-electron chi connectivity index (χ2n) is 4.90. The monoisotopic (exact) mass is 287 g/mol. The maximum Gasteiger partial charge on any atom is 0.338 e. The van der Waals surface area contributed by atoms with Crippen molar-refractivity contribution in [2.45, 2.75) is 37.5 Å². The largest absolute Gasteiger partial charge is 0.478 e. The summed E-state index contributed by atoms with van der Waals surface area (Å²) >= 11 is 1.49. The van der Waals surface area contributed by atoms with Gasteiger partial charge in [-0.2, -0.15) is 0 Å². The molecule has 0 saturated carbocycles. The smallest absolute Gasteiger partial charge is 0.338 e. The van der Waals surface area contributed by atoms with Gasteiger partial charge in [0, 0.05) is 15.5 Å². The fraction of sp³-hybridized carbons (Fsp3) is 0.250. The molecule has 0 atom stereocenters. The molecule has 2 rings (SSSR count). The van der Waals surface area contributed by atoms with Crippen molar-refractivity contribution in [1.29, 1.82) is 0 Å². The standard InChI is InChI=1S/C16H17NO2S/c1-9-5-6-10(2)13(7-9)20-14-8-11(3)17-12(4)15(14)16(18)19/h5-8H,1-4H3,(H,18,19). The van der Waals surface area contributed by atoms with Crippen LogP contribution >= 0.6 is 11.8 Å². The summed E-state index contributed by atoms with van der Waals surface area (Å²) in [6, 6.07) is 8.03. The quantitative estimate of drug-likeness (QED) is 0.920. The van der Waals surface area contributed by atoms with Crippen LogP contribution in [0.5, 0.6) is 0 Å². The summed E-state index contributed by atoms with van der Waals surface area (Å²) < 4.78 is 0. The molecule has 104 valence electrons. The maximum absolute atomic E-state index is 11.4. The van der Waals surface area contributed by atoms with E-state index in [-0.39, 0.29) is 0 Å². The third-order valence-corrected chi connectivity index (χ3v) is 4.27. The molecule has 1 aromatic carbocycles. The molecule has 0 spiro atoms. The minimum Gasteiger partial charge on any atom is -0.478 e. The van der Waals surface area contributed by atoms with Crippen molar-refractivity contribution >= 4 is 17.7 Å². The molecule has 0 fully saturated rings. The minimum absolute atomic E-state index is 0.293. The average Bonchev–Trinajstić information content (AvgIpc) is 2.32. The molecular weight excluding hydrogens is 270 g/mol. The number of carboxylic acids is 1. The van der Waals surface area contributed by atoms with Gasteiger partial charge in [-0.15, -0.1) is 0 Å². The van der Waals surface area contributed by atoms with Crippen LogP contribution in [-0.4, -0.2) is 16.1 Å². The molecule has 0 aliphatic rings. The average molecular weight is 287 g/mol. The summed E-state index contributed by atoms with van der Waals surface area (Å²) in [6.45, 7) is 7.68. The van der Waals surface area contributed by atoms with Crippen LogP contribution in [-0.2, 0) is 0 Å². The van der Waals surface area contributed by atoms with Gasteiger partial charge in [-0.25, -0.2) is 4.79 Å². The fourth-order valence-corrected chi connectivity index (χ4v) is 3.35. The van der Waals surface area contributed by atoms with Crippen molar-refractivity contribution in [2.75, 3.05) is 0 Å². The highest BCUT2D eigenvalue weighted by atomic mass is 32.2. The van der Waals surface area contributed by atoms with E-state index >= 15 is 0 Å². The Hall–Kier alpha value is -1.81. The molecule has 4 heteroatoms. The van der Waals surface area contributed by atoms with E-state index < -0.39 is 5.97 Å². The first-order valence-corrected chi connectivity index (χ1v) is 7.17. The first-order chi connectivity index (χ1) is 9.38. The Kier molecular flexibility index (Phi) is 4.14. The molecule has 20 heavy (non-hydrogen) atoms. The number of rotatable bonds is 3. The lowest BCUT2D eigenvalue weighted by Gasteiger charge is -2.11. The Labute approximate surface area is 123 Å². The van der Waals surface area contributed by atoms with Crippen LogP contribution in [0, 0.1) is 27.7 Å². The number of hydrogen-bond acceptors (Lipinski definition) is 3. The molecule has 0 amide bonds. The lowest BCUT2D eigenvalue weighted by atomic mass is 10.2. The Bertz CT molecular complexity index is 680. The molecule has 0 saturated heterocycles. The zero-order chi connectivity index (χ0) is 14.9. The molecule has 1 aromatic heterocycles. The van der Waals surface area contributed by atoms with E-state index in [0.29, 0.717) is 11.3 Å². The molecule has 0 radical (unpaired) electrons. The van der Waals surface area contributed by atoms with Crippen LogP contribution in [0.1, 0.15) is 32.9 Å². The van der Waals surface area contributed by atoms with Crippen molar-refractivity contribution < 1.29 is 9.90 Å². The first kappa shape index (κ1) is 14.6. The van der Waals surface area contributed by atoms with E-state index in [1.54, 1.807) is 6.92 Å². The Morgan fingerprint density at radius 1 is 1.10 bits per heavy atom. The number of aromatic carboxylic acids is 1. The Morgan fingerprint density at radius 2 is 1.80 bits per heavy atom. The molecule has 0 unspecified atom stereocenters. The highest BCUT2D eigenvalue weighted by Crippen LogP contribution is 2.34. The summed E-state index contributed by atoms with van der Waals surface area (Å²) in [7, 11) is 0. The highest BCUT2D eigenvalue weighted by molar-refractivity contribution is 7.99. The lowest BCUT2D eigenvalue weighted by molar-refractivity contribution is 0.0691. The molecule has 1 heterocycles. The van der Waals surface area contributed by atoms with E-state index in [0.717, 1.165) is 26.6 Å². The number of carboxylic acid groups (broad SMARTS) is 1. The summed E-state index contributed by atoms with van der Waals surface area (Å²) in [6.07, 6.45) is 0. The van der Waals surface area contributed by atoms with Crippen LogP contribution in [0.4, 0.5) is 0 Å². The molecular formula is C16H17NO2S. The molecule has 0 aliphatic carbocycles. The lowest BCUT2D eigenvalue weighted by Crippen LogP contribution is -2.05. The third kappa shape index (κ3) is 3.02. The van der Waals surface area contributed by atoms with Gasteiger partial charge in [0.25, 0.3) is 0 Å². The predicted octanol–water partition coefficient (Wildman–Crippen LogP) is 4.16. The summed E-state index contributed by atoms with van der Waals surface area (Å²) in [5, 5.41) is 9.39. The van der Waals surface area contributed by atoms with Gasteiger partial charge < -0.3 is 5.11 Å². The number of pyridine rings is 1. The van der Waals surface area contributed by atoms with Crippen molar-refractivity contribution in [3.63, 3.8) is 0 Å². The van der Waals surface area contributed by atoms with Crippen molar-refractivity contribution in [3.8, 4) is 0 Å².